The van der Waals surface area contributed by atoms with E-state index in [0.29, 0.717) is 26.2 Å². The fourth-order valence-corrected chi connectivity index (χ4v) is 4.17. The zero-order valence-electron chi connectivity index (χ0n) is 18.6. The molecule has 1 amide bonds. The van der Waals surface area contributed by atoms with Gasteiger partial charge in [0.05, 0.1) is 37.6 Å². The molecule has 1 N–H and O–H groups in total. The van der Waals surface area contributed by atoms with Gasteiger partial charge in [0.2, 0.25) is 0 Å². The van der Waals surface area contributed by atoms with Crippen molar-refractivity contribution >= 4 is 6.09 Å². The van der Waals surface area contributed by atoms with E-state index < -0.39 is 11.7 Å². The number of aliphatic hydroxyl groups excluding tert-OH is 1. The molecule has 0 spiro atoms. The lowest BCUT2D eigenvalue weighted by molar-refractivity contribution is -0.0806. The molecular weight excluding hydrogens is 382 g/mol. The highest BCUT2D eigenvalue weighted by Crippen LogP contribution is 2.27. The SMILES string of the molecule is CC(C)(C)OC(=O)N1CCCC(O)C1COC1CCC(OCc2ccccc2)CC1. The third-order valence-electron chi connectivity index (χ3n) is 5.82. The number of carbonyl (C=O) groups is 1. The highest BCUT2D eigenvalue weighted by Gasteiger charge is 2.36. The number of amides is 1. The van der Waals surface area contributed by atoms with Crippen molar-refractivity contribution in [1.29, 1.82) is 0 Å². The maximum Gasteiger partial charge on any atom is 0.410 e. The van der Waals surface area contributed by atoms with Crippen LogP contribution in [0.5, 0.6) is 0 Å². The maximum absolute atomic E-state index is 12.6. The Kier molecular flexibility index (Phi) is 8.14. The van der Waals surface area contributed by atoms with Crippen LogP contribution in [-0.4, -0.2) is 59.2 Å². The Hall–Kier alpha value is -1.63. The number of carbonyl (C=O) groups excluding carboxylic acids is 1. The van der Waals surface area contributed by atoms with E-state index in [4.69, 9.17) is 14.2 Å². The first-order chi connectivity index (χ1) is 14.3. The highest BCUT2D eigenvalue weighted by atomic mass is 16.6. The molecule has 6 nitrogen and oxygen atoms in total. The van der Waals surface area contributed by atoms with Crippen LogP contribution in [0.25, 0.3) is 0 Å². The summed E-state index contributed by atoms with van der Waals surface area (Å²) in [6.07, 6.45) is 4.77. The van der Waals surface area contributed by atoms with Crippen LogP contribution in [0.4, 0.5) is 4.79 Å². The summed E-state index contributed by atoms with van der Waals surface area (Å²) in [5.41, 5.74) is 0.646. The fourth-order valence-electron chi connectivity index (χ4n) is 4.17. The van der Waals surface area contributed by atoms with E-state index in [1.807, 2.05) is 39.0 Å². The Morgan fingerprint density at radius 3 is 2.30 bits per heavy atom. The summed E-state index contributed by atoms with van der Waals surface area (Å²) in [7, 11) is 0. The first-order valence-corrected chi connectivity index (χ1v) is 11.3. The Labute approximate surface area is 180 Å². The summed E-state index contributed by atoms with van der Waals surface area (Å²) in [6.45, 7) is 7.16. The summed E-state index contributed by atoms with van der Waals surface area (Å²) in [5, 5.41) is 10.5. The molecule has 1 aliphatic heterocycles. The van der Waals surface area contributed by atoms with Crippen LogP contribution in [0.2, 0.25) is 0 Å². The first kappa shape index (κ1) is 23.0. The number of hydrogen-bond acceptors (Lipinski definition) is 5. The van der Waals surface area contributed by atoms with Crippen LogP contribution < -0.4 is 0 Å². The van der Waals surface area contributed by atoms with Crippen molar-refractivity contribution in [3.8, 4) is 0 Å². The minimum Gasteiger partial charge on any atom is -0.444 e. The van der Waals surface area contributed by atoms with Crippen molar-refractivity contribution in [2.75, 3.05) is 13.2 Å². The van der Waals surface area contributed by atoms with Crippen LogP contribution >= 0.6 is 0 Å². The van der Waals surface area contributed by atoms with Crippen LogP contribution in [0.3, 0.4) is 0 Å². The van der Waals surface area contributed by atoms with E-state index >= 15 is 0 Å². The molecule has 1 saturated heterocycles. The Balaban J connectivity index is 1.43. The van der Waals surface area contributed by atoms with E-state index in [1.165, 1.54) is 5.56 Å². The lowest BCUT2D eigenvalue weighted by atomic mass is 9.94. The van der Waals surface area contributed by atoms with Crippen molar-refractivity contribution in [1.82, 2.24) is 4.90 Å². The van der Waals surface area contributed by atoms with E-state index in [-0.39, 0.29) is 24.3 Å². The second-order valence-corrected chi connectivity index (χ2v) is 9.48. The molecule has 2 unspecified atom stereocenters. The number of aliphatic hydroxyl groups is 1. The lowest BCUT2D eigenvalue weighted by Crippen LogP contribution is -2.54. The lowest BCUT2D eigenvalue weighted by Gasteiger charge is -2.40. The second-order valence-electron chi connectivity index (χ2n) is 9.48. The van der Waals surface area contributed by atoms with Gasteiger partial charge < -0.3 is 24.2 Å². The minimum atomic E-state index is -0.572. The normalized spacial score (nSPS) is 27.7. The third-order valence-corrected chi connectivity index (χ3v) is 5.82. The number of rotatable bonds is 6. The monoisotopic (exact) mass is 419 g/mol. The predicted molar refractivity (Wildman–Crippen MR) is 115 cm³/mol. The maximum atomic E-state index is 12.6. The van der Waals surface area contributed by atoms with Gasteiger partial charge in [0.15, 0.2) is 0 Å². The molecule has 1 aliphatic carbocycles. The zero-order valence-corrected chi connectivity index (χ0v) is 18.6. The molecule has 2 atom stereocenters. The molecule has 1 aromatic carbocycles. The van der Waals surface area contributed by atoms with Gasteiger partial charge >= 0.3 is 6.09 Å². The van der Waals surface area contributed by atoms with Crippen LogP contribution in [-0.2, 0) is 20.8 Å². The minimum absolute atomic E-state index is 0.149. The molecule has 168 valence electrons. The quantitative estimate of drug-likeness (QED) is 0.745. The topological polar surface area (TPSA) is 68.2 Å². The number of ether oxygens (including phenoxy) is 3. The molecule has 1 heterocycles. The molecule has 0 radical (unpaired) electrons. The van der Waals surface area contributed by atoms with Gasteiger partial charge in [0.1, 0.15) is 5.60 Å². The van der Waals surface area contributed by atoms with Gasteiger partial charge in [-0.1, -0.05) is 30.3 Å². The fraction of sp³-hybridized carbons (Fsp3) is 0.708. The summed E-state index contributed by atoms with van der Waals surface area (Å²) in [6, 6.07) is 9.90. The molecule has 2 fully saturated rings. The molecule has 30 heavy (non-hydrogen) atoms. The number of piperidine rings is 1. The second kappa shape index (κ2) is 10.6. The largest absolute Gasteiger partial charge is 0.444 e. The summed E-state index contributed by atoms with van der Waals surface area (Å²) in [4.78, 5) is 14.2. The summed E-state index contributed by atoms with van der Waals surface area (Å²) in [5.74, 6) is 0. The number of hydrogen-bond donors (Lipinski definition) is 1. The average Bonchev–Trinajstić information content (AvgIpc) is 2.71. The van der Waals surface area contributed by atoms with Crippen molar-refractivity contribution in [3.63, 3.8) is 0 Å². The number of benzene rings is 1. The molecule has 6 heteroatoms. The molecule has 1 saturated carbocycles. The van der Waals surface area contributed by atoms with Crippen LogP contribution in [0.1, 0.15) is 64.9 Å². The Morgan fingerprint density at radius 2 is 1.67 bits per heavy atom. The molecule has 1 aromatic rings. The predicted octanol–water partition coefficient (Wildman–Crippen LogP) is 4.29. The standard InChI is InChI=1S/C24H37NO5/c1-24(2,3)30-23(27)25-15-7-10-22(26)21(25)17-29-20-13-11-19(12-14-20)28-16-18-8-5-4-6-9-18/h4-6,8-9,19-22,26H,7,10-17H2,1-3H3. The molecule has 2 aliphatic rings. The van der Waals surface area contributed by atoms with Gasteiger partial charge in [-0.3, -0.25) is 0 Å². The van der Waals surface area contributed by atoms with E-state index in [9.17, 15) is 9.90 Å². The molecule has 3 rings (SSSR count). The highest BCUT2D eigenvalue weighted by molar-refractivity contribution is 5.68. The Bertz CT molecular complexity index is 651. The molecule has 0 bridgehead atoms. The van der Waals surface area contributed by atoms with Crippen molar-refractivity contribution in [2.45, 2.75) is 95.9 Å². The van der Waals surface area contributed by atoms with Crippen molar-refractivity contribution in [3.05, 3.63) is 35.9 Å². The molecule has 0 aromatic heterocycles. The summed E-state index contributed by atoms with van der Waals surface area (Å²) < 4.78 is 17.7. The van der Waals surface area contributed by atoms with E-state index in [2.05, 4.69) is 12.1 Å². The van der Waals surface area contributed by atoms with Gasteiger partial charge in [-0.05, 0) is 64.9 Å². The Morgan fingerprint density at radius 1 is 1.03 bits per heavy atom. The zero-order chi connectivity index (χ0) is 21.6. The molecular formula is C24H37NO5. The van der Waals surface area contributed by atoms with Crippen LogP contribution in [0, 0.1) is 0 Å². The third kappa shape index (κ3) is 6.96. The van der Waals surface area contributed by atoms with Crippen molar-refractivity contribution < 1.29 is 24.1 Å². The number of likely N-dealkylation sites (tertiary alicyclic amines) is 1. The van der Waals surface area contributed by atoms with Gasteiger partial charge in [-0.15, -0.1) is 0 Å². The van der Waals surface area contributed by atoms with E-state index in [0.717, 1.165) is 32.1 Å². The number of nitrogens with zero attached hydrogens (tertiary/aromatic N) is 1. The summed E-state index contributed by atoms with van der Waals surface area (Å²) >= 11 is 0. The van der Waals surface area contributed by atoms with Gasteiger partial charge in [-0.25, -0.2) is 4.79 Å². The van der Waals surface area contributed by atoms with Gasteiger partial charge in [-0.2, -0.15) is 0 Å². The average molecular weight is 420 g/mol. The first-order valence-electron chi connectivity index (χ1n) is 11.3. The van der Waals surface area contributed by atoms with E-state index in [1.54, 1.807) is 4.90 Å². The van der Waals surface area contributed by atoms with Crippen LogP contribution in [0.15, 0.2) is 30.3 Å². The van der Waals surface area contributed by atoms with Gasteiger partial charge in [0.25, 0.3) is 0 Å². The van der Waals surface area contributed by atoms with Crippen molar-refractivity contribution in [2.24, 2.45) is 0 Å². The smallest absolute Gasteiger partial charge is 0.410 e. The van der Waals surface area contributed by atoms with Gasteiger partial charge in [0, 0.05) is 6.54 Å².